The summed E-state index contributed by atoms with van der Waals surface area (Å²) in [5.74, 6) is 0.209. The number of pyridine rings is 1. The van der Waals surface area contributed by atoms with Gasteiger partial charge in [0.15, 0.2) is 0 Å². The fourth-order valence-electron chi connectivity index (χ4n) is 3.05. The second-order valence-corrected chi connectivity index (χ2v) is 8.81. The molecule has 0 aliphatic rings. The molecule has 3 aromatic carbocycles. The molecule has 8 heteroatoms. The highest BCUT2D eigenvalue weighted by Crippen LogP contribution is 2.21. The quantitative estimate of drug-likeness (QED) is 0.398. The van der Waals surface area contributed by atoms with E-state index in [0.717, 1.165) is 5.56 Å². The van der Waals surface area contributed by atoms with Crippen LogP contribution in [0.2, 0.25) is 0 Å². The highest BCUT2D eigenvalue weighted by Gasteiger charge is 2.14. The van der Waals surface area contributed by atoms with Gasteiger partial charge in [-0.15, -0.1) is 0 Å². The molecule has 4 rings (SSSR count). The number of aromatic nitrogens is 1. The highest BCUT2D eigenvalue weighted by atomic mass is 32.2. The number of ether oxygens (including phenoxy) is 1. The molecule has 0 radical (unpaired) electrons. The van der Waals surface area contributed by atoms with E-state index in [4.69, 9.17) is 4.74 Å². The van der Waals surface area contributed by atoms with Gasteiger partial charge in [0.2, 0.25) is 0 Å². The molecule has 0 spiro atoms. The zero-order valence-electron chi connectivity index (χ0n) is 17.5. The maximum atomic E-state index is 12.7. The van der Waals surface area contributed by atoms with Crippen molar-refractivity contribution in [1.82, 2.24) is 4.98 Å². The number of amides is 1. The van der Waals surface area contributed by atoms with Gasteiger partial charge in [-0.3, -0.25) is 14.5 Å². The summed E-state index contributed by atoms with van der Waals surface area (Å²) in [6.07, 6.45) is 3.41. The molecule has 0 aliphatic carbocycles. The van der Waals surface area contributed by atoms with E-state index < -0.39 is 10.0 Å². The third-order valence-electron chi connectivity index (χ3n) is 4.65. The van der Waals surface area contributed by atoms with Crippen LogP contribution in [-0.2, 0) is 16.6 Å². The number of carbonyl (C=O) groups excluding carboxylic acids is 1. The van der Waals surface area contributed by atoms with Crippen LogP contribution < -0.4 is 14.8 Å². The van der Waals surface area contributed by atoms with Crippen molar-refractivity contribution in [2.24, 2.45) is 0 Å². The van der Waals surface area contributed by atoms with Gasteiger partial charge in [-0.1, -0.05) is 36.4 Å². The lowest BCUT2D eigenvalue weighted by Crippen LogP contribution is -2.14. The van der Waals surface area contributed by atoms with Crippen molar-refractivity contribution in [1.29, 1.82) is 0 Å². The third kappa shape index (κ3) is 5.96. The summed E-state index contributed by atoms with van der Waals surface area (Å²) in [6.45, 7) is 0.336. The number of hydrogen-bond donors (Lipinski definition) is 2. The molecule has 0 saturated heterocycles. The van der Waals surface area contributed by atoms with Gasteiger partial charge in [0.25, 0.3) is 15.9 Å². The van der Waals surface area contributed by atoms with Crippen LogP contribution in [0.25, 0.3) is 0 Å². The Morgan fingerprint density at radius 3 is 2.42 bits per heavy atom. The minimum atomic E-state index is -3.73. The Morgan fingerprint density at radius 1 is 0.848 bits per heavy atom. The van der Waals surface area contributed by atoms with Crippen molar-refractivity contribution >= 4 is 27.3 Å². The maximum Gasteiger partial charge on any atom is 0.261 e. The van der Waals surface area contributed by atoms with Crippen molar-refractivity contribution in [2.75, 3.05) is 10.0 Å². The molecule has 1 heterocycles. The van der Waals surface area contributed by atoms with Crippen LogP contribution in [0.1, 0.15) is 15.9 Å². The minimum Gasteiger partial charge on any atom is -0.489 e. The van der Waals surface area contributed by atoms with Gasteiger partial charge >= 0.3 is 0 Å². The Labute approximate surface area is 192 Å². The van der Waals surface area contributed by atoms with E-state index in [1.165, 1.54) is 12.1 Å². The molecule has 1 amide bonds. The molecule has 0 aliphatic heterocycles. The standard InChI is InChI=1S/C25H21N3O4S/c29-25(20-8-4-11-23(15-20)32-18-19-7-6-14-26-17-19)27-21-9-5-10-22(16-21)28-33(30,31)24-12-2-1-3-13-24/h1-17,28H,18H2,(H,27,29). The third-order valence-corrected chi connectivity index (χ3v) is 6.05. The Morgan fingerprint density at radius 2 is 1.64 bits per heavy atom. The van der Waals surface area contributed by atoms with Crippen LogP contribution in [0.3, 0.4) is 0 Å². The Kier molecular flexibility index (Phi) is 6.66. The van der Waals surface area contributed by atoms with Crippen molar-refractivity contribution in [2.45, 2.75) is 11.5 Å². The summed E-state index contributed by atoms with van der Waals surface area (Å²) in [4.78, 5) is 16.9. The van der Waals surface area contributed by atoms with Crippen LogP contribution in [0.5, 0.6) is 5.75 Å². The lowest BCUT2D eigenvalue weighted by molar-refractivity contribution is 0.102. The van der Waals surface area contributed by atoms with Gasteiger partial charge in [-0.2, -0.15) is 0 Å². The van der Waals surface area contributed by atoms with E-state index in [1.54, 1.807) is 79.1 Å². The second kappa shape index (κ2) is 9.97. The lowest BCUT2D eigenvalue weighted by atomic mass is 10.2. The first-order chi connectivity index (χ1) is 16.0. The molecule has 33 heavy (non-hydrogen) atoms. The zero-order valence-corrected chi connectivity index (χ0v) is 18.3. The number of sulfonamides is 1. The number of nitrogens with one attached hydrogen (secondary N) is 2. The van der Waals surface area contributed by atoms with Crippen LogP contribution in [0.15, 0.2) is 108 Å². The average molecular weight is 460 g/mol. The zero-order chi connectivity index (χ0) is 23.1. The van der Waals surface area contributed by atoms with E-state index in [9.17, 15) is 13.2 Å². The maximum absolute atomic E-state index is 12.7. The van der Waals surface area contributed by atoms with E-state index in [2.05, 4.69) is 15.0 Å². The fourth-order valence-corrected chi connectivity index (χ4v) is 4.13. The van der Waals surface area contributed by atoms with Gasteiger partial charge in [0, 0.05) is 29.2 Å². The van der Waals surface area contributed by atoms with Gasteiger partial charge < -0.3 is 10.1 Å². The van der Waals surface area contributed by atoms with Crippen LogP contribution in [0.4, 0.5) is 11.4 Å². The number of nitrogens with zero attached hydrogens (tertiary/aromatic N) is 1. The van der Waals surface area contributed by atoms with Crippen molar-refractivity contribution in [3.63, 3.8) is 0 Å². The Bertz CT molecular complexity index is 1340. The second-order valence-electron chi connectivity index (χ2n) is 7.13. The molecular weight excluding hydrogens is 438 g/mol. The monoisotopic (exact) mass is 459 g/mol. The molecule has 1 aromatic heterocycles. The predicted octanol–water partition coefficient (Wildman–Crippen LogP) is 4.71. The van der Waals surface area contributed by atoms with Crippen molar-refractivity contribution in [3.05, 3.63) is 115 Å². The average Bonchev–Trinajstić information content (AvgIpc) is 2.84. The van der Waals surface area contributed by atoms with Crippen LogP contribution >= 0.6 is 0 Å². The van der Waals surface area contributed by atoms with Crippen molar-refractivity contribution < 1.29 is 17.9 Å². The largest absolute Gasteiger partial charge is 0.489 e. The first kappa shape index (κ1) is 22.0. The smallest absolute Gasteiger partial charge is 0.261 e. The fraction of sp³-hybridized carbons (Fsp3) is 0.0400. The van der Waals surface area contributed by atoms with E-state index in [1.807, 2.05) is 12.1 Å². The van der Waals surface area contributed by atoms with E-state index in [0.29, 0.717) is 29.3 Å². The SMILES string of the molecule is O=C(Nc1cccc(NS(=O)(=O)c2ccccc2)c1)c1cccc(OCc2cccnc2)c1. The minimum absolute atomic E-state index is 0.155. The number of hydrogen-bond acceptors (Lipinski definition) is 5. The van der Waals surface area contributed by atoms with Gasteiger partial charge in [0.05, 0.1) is 10.6 Å². The normalized spacial score (nSPS) is 10.9. The van der Waals surface area contributed by atoms with Gasteiger partial charge in [0.1, 0.15) is 12.4 Å². The van der Waals surface area contributed by atoms with Gasteiger partial charge in [-0.05, 0) is 54.6 Å². The molecule has 0 fully saturated rings. The summed E-state index contributed by atoms with van der Waals surface area (Å²) < 4.78 is 33.4. The summed E-state index contributed by atoms with van der Waals surface area (Å²) in [5, 5.41) is 2.79. The summed E-state index contributed by atoms with van der Waals surface area (Å²) in [5.41, 5.74) is 2.12. The Balaban J connectivity index is 1.43. The molecule has 4 aromatic rings. The topological polar surface area (TPSA) is 97.4 Å². The number of anilines is 2. The first-order valence-corrected chi connectivity index (χ1v) is 11.6. The summed E-state index contributed by atoms with van der Waals surface area (Å²) in [6, 6.07) is 25.1. The molecule has 0 unspecified atom stereocenters. The van der Waals surface area contributed by atoms with Crippen LogP contribution in [-0.4, -0.2) is 19.3 Å². The first-order valence-electron chi connectivity index (χ1n) is 10.1. The number of carbonyl (C=O) groups is 1. The Hall–Kier alpha value is -4.17. The van der Waals surface area contributed by atoms with Crippen molar-refractivity contribution in [3.8, 4) is 5.75 Å². The number of benzene rings is 3. The summed E-state index contributed by atoms with van der Waals surface area (Å²) in [7, 11) is -3.73. The predicted molar refractivity (Wildman–Crippen MR) is 127 cm³/mol. The molecular formula is C25H21N3O4S. The van der Waals surface area contributed by atoms with E-state index in [-0.39, 0.29) is 10.8 Å². The molecule has 0 bridgehead atoms. The molecule has 2 N–H and O–H groups in total. The van der Waals surface area contributed by atoms with E-state index >= 15 is 0 Å². The lowest BCUT2D eigenvalue weighted by Gasteiger charge is -2.11. The number of rotatable bonds is 8. The molecule has 0 saturated carbocycles. The van der Waals surface area contributed by atoms with Crippen LogP contribution in [0, 0.1) is 0 Å². The molecule has 0 atom stereocenters. The molecule has 166 valence electrons. The summed E-state index contributed by atoms with van der Waals surface area (Å²) >= 11 is 0. The molecule has 7 nitrogen and oxygen atoms in total. The van der Waals surface area contributed by atoms with Gasteiger partial charge in [-0.25, -0.2) is 8.42 Å². The highest BCUT2D eigenvalue weighted by molar-refractivity contribution is 7.92.